The number of anilines is 1. The van der Waals surface area contributed by atoms with Gasteiger partial charge >= 0.3 is 0 Å². The van der Waals surface area contributed by atoms with Crippen LogP contribution in [0.2, 0.25) is 0 Å². The van der Waals surface area contributed by atoms with Gasteiger partial charge in [0, 0.05) is 19.7 Å². The Bertz CT molecular complexity index is 585. The van der Waals surface area contributed by atoms with E-state index in [-0.39, 0.29) is 12.8 Å². The minimum atomic E-state index is -0.655. The average molecular weight is 264 g/mol. The maximum Gasteiger partial charge on any atom is 0.147 e. The van der Waals surface area contributed by atoms with Crippen molar-refractivity contribution in [1.82, 2.24) is 14.5 Å². The molecule has 0 spiro atoms. The topological polar surface area (TPSA) is 92.4 Å². The first-order valence-corrected chi connectivity index (χ1v) is 6.18. The van der Waals surface area contributed by atoms with Crippen LogP contribution >= 0.6 is 0 Å². The third-order valence-electron chi connectivity index (χ3n) is 3.44. The smallest absolute Gasteiger partial charge is 0.147 e. The molecule has 0 aliphatic carbocycles. The number of nitrogens with zero attached hydrogens (tertiary/aromatic N) is 3. The lowest BCUT2D eigenvalue weighted by molar-refractivity contribution is -0.0430. The largest absolute Gasteiger partial charge is 0.394 e. The number of aliphatic hydroxyl groups excluding tert-OH is 2. The standard InChI is InChI=1S/C12H16N4O3/c1-13-11-7-2-3-16(12(7)15-6-14-11)10-4-8(18)9(5-17)19-10/h2-3,6,8-10,17-18H,4-5H2,1H3,(H,13,14,15)/t8-,9+,10+/m0/s1. The summed E-state index contributed by atoms with van der Waals surface area (Å²) in [6, 6.07) is 1.91. The normalized spacial score (nSPS) is 27.0. The van der Waals surface area contributed by atoms with Crippen LogP contribution in [-0.2, 0) is 4.74 Å². The lowest BCUT2D eigenvalue weighted by Gasteiger charge is -2.14. The zero-order valence-electron chi connectivity index (χ0n) is 10.5. The van der Waals surface area contributed by atoms with E-state index in [9.17, 15) is 5.11 Å². The minimum Gasteiger partial charge on any atom is -0.394 e. The Kier molecular flexibility index (Phi) is 3.09. The summed E-state index contributed by atoms with van der Waals surface area (Å²) in [5.74, 6) is 0.751. The number of fused-ring (bicyclic) bond motifs is 1. The van der Waals surface area contributed by atoms with E-state index in [1.165, 1.54) is 6.33 Å². The van der Waals surface area contributed by atoms with Gasteiger partial charge in [0.1, 0.15) is 30.1 Å². The van der Waals surface area contributed by atoms with E-state index in [2.05, 4.69) is 15.3 Å². The van der Waals surface area contributed by atoms with Gasteiger partial charge < -0.3 is 24.8 Å². The molecule has 2 aromatic rings. The lowest BCUT2D eigenvalue weighted by Crippen LogP contribution is -2.24. The number of aliphatic hydroxyl groups is 2. The molecule has 0 amide bonds. The molecule has 3 rings (SSSR count). The fraction of sp³-hybridized carbons (Fsp3) is 0.500. The second-order valence-corrected chi connectivity index (χ2v) is 4.55. The molecule has 7 heteroatoms. The average Bonchev–Trinajstić information content (AvgIpc) is 3.01. The highest BCUT2D eigenvalue weighted by atomic mass is 16.5. The molecule has 1 saturated heterocycles. The van der Waals surface area contributed by atoms with Crippen LogP contribution in [0.25, 0.3) is 11.0 Å². The van der Waals surface area contributed by atoms with Gasteiger partial charge in [-0.1, -0.05) is 0 Å². The van der Waals surface area contributed by atoms with Gasteiger partial charge in [-0.3, -0.25) is 0 Å². The van der Waals surface area contributed by atoms with E-state index in [4.69, 9.17) is 9.84 Å². The van der Waals surface area contributed by atoms with Crippen molar-refractivity contribution >= 4 is 16.9 Å². The number of ether oxygens (including phenoxy) is 1. The number of nitrogens with one attached hydrogen (secondary N) is 1. The molecule has 3 heterocycles. The molecule has 1 aliphatic heterocycles. The van der Waals surface area contributed by atoms with E-state index in [1.54, 1.807) is 7.05 Å². The summed E-state index contributed by atoms with van der Waals surface area (Å²) in [4.78, 5) is 8.40. The molecule has 0 bridgehead atoms. The first-order chi connectivity index (χ1) is 9.24. The maximum absolute atomic E-state index is 9.79. The summed E-state index contributed by atoms with van der Waals surface area (Å²) in [5, 5.41) is 22.8. The first-order valence-electron chi connectivity index (χ1n) is 6.18. The van der Waals surface area contributed by atoms with Crippen LogP contribution in [0.15, 0.2) is 18.6 Å². The third-order valence-corrected chi connectivity index (χ3v) is 3.44. The van der Waals surface area contributed by atoms with Gasteiger partial charge in [-0.05, 0) is 6.07 Å². The molecule has 7 nitrogen and oxygen atoms in total. The van der Waals surface area contributed by atoms with Crippen molar-refractivity contribution in [3.05, 3.63) is 18.6 Å². The monoisotopic (exact) mass is 264 g/mol. The van der Waals surface area contributed by atoms with Crippen molar-refractivity contribution in [3.63, 3.8) is 0 Å². The highest BCUT2D eigenvalue weighted by Gasteiger charge is 2.35. The van der Waals surface area contributed by atoms with Crippen LogP contribution in [0.3, 0.4) is 0 Å². The molecule has 3 atom stereocenters. The number of hydrogen-bond donors (Lipinski definition) is 3. The zero-order valence-corrected chi connectivity index (χ0v) is 10.5. The molecule has 102 valence electrons. The highest BCUT2D eigenvalue weighted by molar-refractivity contribution is 5.87. The van der Waals surface area contributed by atoms with Crippen molar-refractivity contribution in [2.75, 3.05) is 19.0 Å². The molecule has 2 aromatic heterocycles. The van der Waals surface area contributed by atoms with Gasteiger partial charge in [0.25, 0.3) is 0 Å². The number of aromatic nitrogens is 3. The Morgan fingerprint density at radius 3 is 3.05 bits per heavy atom. The van der Waals surface area contributed by atoms with Crippen molar-refractivity contribution < 1.29 is 14.9 Å². The van der Waals surface area contributed by atoms with Gasteiger partial charge in [0.2, 0.25) is 0 Å². The van der Waals surface area contributed by atoms with Crippen LogP contribution < -0.4 is 5.32 Å². The minimum absolute atomic E-state index is 0.187. The zero-order chi connectivity index (χ0) is 13.4. The molecule has 0 unspecified atom stereocenters. The summed E-state index contributed by atoms with van der Waals surface area (Å²) in [6.45, 7) is -0.187. The van der Waals surface area contributed by atoms with Crippen LogP contribution in [0, 0.1) is 0 Å². The van der Waals surface area contributed by atoms with E-state index in [1.807, 2.05) is 16.8 Å². The lowest BCUT2D eigenvalue weighted by atomic mass is 10.2. The van der Waals surface area contributed by atoms with Gasteiger partial charge in [-0.15, -0.1) is 0 Å². The van der Waals surface area contributed by atoms with Crippen LogP contribution in [0.4, 0.5) is 5.82 Å². The molecular weight excluding hydrogens is 248 g/mol. The van der Waals surface area contributed by atoms with E-state index in [0.717, 1.165) is 16.9 Å². The predicted octanol–water partition coefficient (Wildman–Crippen LogP) is 0.114. The van der Waals surface area contributed by atoms with Gasteiger partial charge in [-0.2, -0.15) is 0 Å². The number of rotatable bonds is 3. The SMILES string of the molecule is CNc1ncnc2c1ccn2[C@H]1C[C@H](O)[C@@H](CO)O1. The van der Waals surface area contributed by atoms with E-state index >= 15 is 0 Å². The van der Waals surface area contributed by atoms with Crippen molar-refractivity contribution in [2.45, 2.75) is 24.9 Å². The second kappa shape index (κ2) is 4.76. The van der Waals surface area contributed by atoms with Crippen LogP contribution in [-0.4, -0.2) is 50.6 Å². The number of hydrogen-bond acceptors (Lipinski definition) is 6. The van der Waals surface area contributed by atoms with E-state index < -0.39 is 12.2 Å². The van der Waals surface area contributed by atoms with Gasteiger partial charge in [0.15, 0.2) is 0 Å². The summed E-state index contributed by atoms with van der Waals surface area (Å²) in [6.07, 6.45) is 2.28. The Hall–Kier alpha value is -1.70. The Morgan fingerprint density at radius 2 is 2.37 bits per heavy atom. The van der Waals surface area contributed by atoms with Crippen LogP contribution in [0.1, 0.15) is 12.6 Å². The molecule has 0 aromatic carbocycles. The van der Waals surface area contributed by atoms with Crippen molar-refractivity contribution in [2.24, 2.45) is 0 Å². The fourth-order valence-corrected chi connectivity index (χ4v) is 2.45. The Labute approximate surface area is 109 Å². The van der Waals surface area contributed by atoms with Crippen molar-refractivity contribution in [1.29, 1.82) is 0 Å². The maximum atomic E-state index is 9.79. The van der Waals surface area contributed by atoms with Crippen LogP contribution in [0.5, 0.6) is 0 Å². The summed E-state index contributed by atoms with van der Waals surface area (Å²) >= 11 is 0. The summed E-state index contributed by atoms with van der Waals surface area (Å²) < 4.78 is 7.49. The Balaban J connectivity index is 1.98. The van der Waals surface area contributed by atoms with Gasteiger partial charge in [-0.25, -0.2) is 9.97 Å². The molecule has 0 radical (unpaired) electrons. The van der Waals surface area contributed by atoms with E-state index in [0.29, 0.717) is 6.42 Å². The van der Waals surface area contributed by atoms with Gasteiger partial charge in [0.05, 0.1) is 18.1 Å². The highest BCUT2D eigenvalue weighted by Crippen LogP contribution is 2.32. The quantitative estimate of drug-likeness (QED) is 0.729. The van der Waals surface area contributed by atoms with Crippen molar-refractivity contribution in [3.8, 4) is 0 Å². The molecule has 19 heavy (non-hydrogen) atoms. The molecule has 3 N–H and O–H groups in total. The fourth-order valence-electron chi connectivity index (χ4n) is 2.45. The molecular formula is C12H16N4O3. The Morgan fingerprint density at radius 1 is 1.53 bits per heavy atom. The third kappa shape index (κ3) is 1.95. The summed E-state index contributed by atoms with van der Waals surface area (Å²) in [5.41, 5.74) is 0.745. The predicted molar refractivity (Wildman–Crippen MR) is 68.7 cm³/mol. The molecule has 0 saturated carbocycles. The molecule has 1 aliphatic rings. The first kappa shape index (κ1) is 12.3. The molecule has 1 fully saturated rings. The summed E-state index contributed by atoms with van der Waals surface area (Å²) in [7, 11) is 1.80. The second-order valence-electron chi connectivity index (χ2n) is 4.55.